The van der Waals surface area contributed by atoms with Gasteiger partial charge in [-0.15, -0.1) is 0 Å². The van der Waals surface area contributed by atoms with E-state index in [1.165, 1.54) is 39.1 Å². The van der Waals surface area contributed by atoms with E-state index in [1.807, 2.05) is 11.5 Å². The normalized spacial score (nSPS) is 16.6. The molecule has 1 aliphatic rings. The zero-order chi connectivity index (χ0) is 22.2. The van der Waals surface area contributed by atoms with Crippen molar-refractivity contribution in [1.29, 1.82) is 0 Å². The zero-order valence-electron chi connectivity index (χ0n) is 19.6. The Hall–Kier alpha value is -2.13. The standard InChI is InChI=1S/C22H39N7O2/c1-5-10-17(3)31-21-25-19(23)18-20(26-21)29(22(24-18)30-4)12-9-7-8-11-28-15-13-27(6-2)14-16-28/h17H,5-16H2,1-4H3,(H2,23,25,26)/t17-/m0/s1. The third-order valence-corrected chi connectivity index (χ3v) is 6.02. The van der Waals surface area contributed by atoms with Crippen molar-refractivity contribution in [1.82, 2.24) is 29.3 Å². The summed E-state index contributed by atoms with van der Waals surface area (Å²) in [6, 6.07) is 0.825. The fourth-order valence-corrected chi connectivity index (χ4v) is 4.15. The molecule has 3 heterocycles. The minimum atomic E-state index is 0.0410. The number of methoxy groups -OCH3 is 1. The maximum atomic E-state index is 6.15. The number of hydrogen-bond donors (Lipinski definition) is 1. The third-order valence-electron chi connectivity index (χ3n) is 6.02. The van der Waals surface area contributed by atoms with Gasteiger partial charge in [-0.25, -0.2) is 0 Å². The Bertz CT molecular complexity index is 818. The minimum absolute atomic E-state index is 0.0410. The Morgan fingerprint density at radius 1 is 0.968 bits per heavy atom. The first-order chi connectivity index (χ1) is 15.0. The predicted octanol–water partition coefficient (Wildman–Crippen LogP) is 2.79. The van der Waals surface area contributed by atoms with Crippen LogP contribution in [0, 0.1) is 0 Å². The van der Waals surface area contributed by atoms with Crippen molar-refractivity contribution >= 4 is 17.0 Å². The molecule has 2 aromatic heterocycles. The van der Waals surface area contributed by atoms with Gasteiger partial charge in [0.25, 0.3) is 6.01 Å². The van der Waals surface area contributed by atoms with Gasteiger partial charge in [0.05, 0.1) is 13.2 Å². The van der Waals surface area contributed by atoms with E-state index in [0.29, 0.717) is 29.0 Å². The van der Waals surface area contributed by atoms with Crippen molar-refractivity contribution in [3.8, 4) is 12.0 Å². The van der Waals surface area contributed by atoms with E-state index in [4.69, 9.17) is 15.2 Å². The van der Waals surface area contributed by atoms with Gasteiger partial charge >= 0.3 is 6.01 Å². The van der Waals surface area contributed by atoms with Crippen molar-refractivity contribution in [3.05, 3.63) is 0 Å². The van der Waals surface area contributed by atoms with Crippen molar-refractivity contribution in [3.63, 3.8) is 0 Å². The number of rotatable bonds is 12. The number of nitrogens with zero attached hydrogens (tertiary/aromatic N) is 6. The summed E-state index contributed by atoms with van der Waals surface area (Å²) in [7, 11) is 1.62. The molecule has 1 saturated heterocycles. The Morgan fingerprint density at radius 2 is 1.68 bits per heavy atom. The summed E-state index contributed by atoms with van der Waals surface area (Å²) in [5, 5.41) is 0. The van der Waals surface area contributed by atoms with Gasteiger partial charge in [0.15, 0.2) is 17.0 Å². The zero-order valence-corrected chi connectivity index (χ0v) is 19.6. The number of piperazine rings is 1. The van der Waals surface area contributed by atoms with Crippen molar-refractivity contribution in [2.24, 2.45) is 0 Å². The fourth-order valence-electron chi connectivity index (χ4n) is 4.15. The van der Waals surface area contributed by atoms with Crippen LogP contribution in [0.4, 0.5) is 5.82 Å². The lowest BCUT2D eigenvalue weighted by Gasteiger charge is -2.33. The van der Waals surface area contributed by atoms with Gasteiger partial charge in [0.2, 0.25) is 0 Å². The smallest absolute Gasteiger partial charge is 0.320 e. The molecule has 9 heteroatoms. The van der Waals surface area contributed by atoms with Crippen LogP contribution in [-0.2, 0) is 6.54 Å². The van der Waals surface area contributed by atoms with Crippen LogP contribution in [0.2, 0.25) is 0 Å². The monoisotopic (exact) mass is 433 g/mol. The minimum Gasteiger partial charge on any atom is -0.468 e. The van der Waals surface area contributed by atoms with Crippen LogP contribution in [0.1, 0.15) is 52.9 Å². The topological polar surface area (TPSA) is 94.6 Å². The number of aryl methyl sites for hydroxylation is 1. The molecule has 0 saturated carbocycles. The molecule has 1 atom stereocenters. The van der Waals surface area contributed by atoms with Crippen LogP contribution in [0.3, 0.4) is 0 Å². The molecular weight excluding hydrogens is 394 g/mol. The highest BCUT2D eigenvalue weighted by molar-refractivity contribution is 5.83. The van der Waals surface area contributed by atoms with E-state index in [1.54, 1.807) is 7.11 Å². The molecule has 0 radical (unpaired) electrons. The summed E-state index contributed by atoms with van der Waals surface area (Å²) in [4.78, 5) is 18.5. The summed E-state index contributed by atoms with van der Waals surface area (Å²) in [6.45, 7) is 14.2. The lowest BCUT2D eigenvalue weighted by Crippen LogP contribution is -2.46. The Kier molecular flexibility index (Phi) is 8.71. The van der Waals surface area contributed by atoms with Gasteiger partial charge in [0.1, 0.15) is 0 Å². The molecular formula is C22H39N7O2. The van der Waals surface area contributed by atoms with Crippen LogP contribution >= 0.6 is 0 Å². The van der Waals surface area contributed by atoms with Gasteiger partial charge in [-0.05, 0) is 39.3 Å². The number of aromatic nitrogens is 4. The number of likely N-dealkylation sites (N-methyl/N-ethyl adjacent to an activating group) is 1. The van der Waals surface area contributed by atoms with Crippen molar-refractivity contribution in [2.45, 2.75) is 65.5 Å². The summed E-state index contributed by atoms with van der Waals surface area (Å²) in [6.07, 6.45) is 5.40. The van der Waals surface area contributed by atoms with Crippen LogP contribution in [-0.4, -0.2) is 81.8 Å². The second-order valence-corrected chi connectivity index (χ2v) is 8.37. The molecule has 2 aromatic rings. The first kappa shape index (κ1) is 23.5. The quantitative estimate of drug-likeness (QED) is 0.511. The summed E-state index contributed by atoms with van der Waals surface area (Å²) >= 11 is 0. The maximum Gasteiger partial charge on any atom is 0.320 e. The van der Waals surface area contributed by atoms with Gasteiger partial charge in [-0.3, -0.25) is 4.57 Å². The lowest BCUT2D eigenvalue weighted by molar-refractivity contribution is 0.135. The van der Waals surface area contributed by atoms with Crippen LogP contribution in [0.15, 0.2) is 0 Å². The number of fused-ring (bicyclic) bond motifs is 1. The molecule has 174 valence electrons. The predicted molar refractivity (Wildman–Crippen MR) is 124 cm³/mol. The highest BCUT2D eigenvalue weighted by atomic mass is 16.5. The number of hydrogen-bond acceptors (Lipinski definition) is 8. The maximum absolute atomic E-state index is 6.15. The van der Waals surface area contributed by atoms with Gasteiger partial charge in [-0.2, -0.15) is 15.0 Å². The number of ether oxygens (including phenoxy) is 2. The molecule has 1 fully saturated rings. The van der Waals surface area contributed by atoms with E-state index >= 15 is 0 Å². The number of nitrogens with two attached hydrogens (primary N) is 1. The molecule has 1 aliphatic heterocycles. The number of nitrogen functional groups attached to an aromatic ring is 1. The van der Waals surface area contributed by atoms with E-state index < -0.39 is 0 Å². The summed E-state index contributed by atoms with van der Waals surface area (Å²) < 4.78 is 13.4. The lowest BCUT2D eigenvalue weighted by atomic mass is 10.2. The molecule has 3 rings (SSSR count). The second kappa shape index (κ2) is 11.5. The first-order valence-corrected chi connectivity index (χ1v) is 11.7. The Morgan fingerprint density at radius 3 is 2.35 bits per heavy atom. The van der Waals surface area contributed by atoms with Crippen LogP contribution < -0.4 is 15.2 Å². The van der Waals surface area contributed by atoms with Crippen LogP contribution in [0.5, 0.6) is 12.0 Å². The Labute approximate surface area is 185 Å². The van der Waals surface area contributed by atoms with E-state index in [-0.39, 0.29) is 6.10 Å². The molecule has 0 spiro atoms. The summed E-state index contributed by atoms with van der Waals surface area (Å²) in [5.74, 6) is 0.326. The van der Waals surface area contributed by atoms with Gasteiger partial charge < -0.3 is 25.0 Å². The van der Waals surface area contributed by atoms with Crippen molar-refractivity contribution < 1.29 is 9.47 Å². The summed E-state index contributed by atoms with van der Waals surface area (Å²) in [5.41, 5.74) is 7.40. The molecule has 9 nitrogen and oxygen atoms in total. The third kappa shape index (κ3) is 6.20. The number of unbranched alkanes of at least 4 members (excludes halogenated alkanes) is 2. The molecule has 0 bridgehead atoms. The number of anilines is 1. The average Bonchev–Trinajstić information content (AvgIpc) is 3.12. The molecule has 0 aliphatic carbocycles. The molecule has 0 aromatic carbocycles. The van der Waals surface area contributed by atoms with E-state index in [0.717, 1.165) is 38.8 Å². The molecule has 31 heavy (non-hydrogen) atoms. The van der Waals surface area contributed by atoms with E-state index in [9.17, 15) is 0 Å². The highest BCUT2D eigenvalue weighted by Gasteiger charge is 2.19. The van der Waals surface area contributed by atoms with Crippen LogP contribution in [0.25, 0.3) is 11.2 Å². The van der Waals surface area contributed by atoms with Gasteiger partial charge in [-0.1, -0.05) is 26.7 Å². The molecule has 0 unspecified atom stereocenters. The second-order valence-electron chi connectivity index (χ2n) is 8.37. The number of imidazole rings is 1. The van der Waals surface area contributed by atoms with E-state index in [2.05, 4.69) is 38.6 Å². The largest absolute Gasteiger partial charge is 0.468 e. The molecule has 0 amide bonds. The van der Waals surface area contributed by atoms with Crippen molar-refractivity contribution in [2.75, 3.05) is 52.1 Å². The average molecular weight is 434 g/mol. The fraction of sp³-hybridized carbons (Fsp3) is 0.773. The Balaban J connectivity index is 1.58. The van der Waals surface area contributed by atoms with Gasteiger partial charge in [0, 0.05) is 32.7 Å². The SMILES string of the molecule is CCC[C@H](C)Oc1nc(N)c2nc(OC)n(CCCCCN3CCN(CC)CC3)c2n1. The molecule has 2 N–H and O–H groups in total. The first-order valence-electron chi connectivity index (χ1n) is 11.7. The highest BCUT2D eigenvalue weighted by Crippen LogP contribution is 2.26.